The number of rotatable bonds is 28. The Morgan fingerprint density at radius 3 is 1.33 bits per heavy atom. The Bertz CT molecular complexity index is 646. The van der Waals surface area contributed by atoms with E-state index < -0.39 is 58.4 Å². The monoisotopic (exact) mass is 582 g/mol. The summed E-state index contributed by atoms with van der Waals surface area (Å²) in [6, 6.07) is 0. The van der Waals surface area contributed by atoms with Crippen LogP contribution in [0.1, 0.15) is 129 Å². The molecule has 3 atom stereocenters. The average Bonchev–Trinajstić information content (AvgIpc) is 2.92. The molecule has 3 unspecified atom stereocenters. The third-order valence-corrected chi connectivity index (χ3v) is 7.32. The van der Waals surface area contributed by atoms with Crippen LogP contribution in [0.5, 0.6) is 0 Å². The summed E-state index contributed by atoms with van der Waals surface area (Å²) >= 11 is 0. The minimum Gasteiger partial charge on any atom is -0.457 e. The molecule has 0 aromatic carbocycles. The van der Waals surface area contributed by atoms with Gasteiger partial charge in [0.25, 0.3) is 0 Å². The zero-order valence-electron chi connectivity index (χ0n) is 24.4. The maximum atomic E-state index is 12.0. The van der Waals surface area contributed by atoms with Gasteiger partial charge >= 0.3 is 19.8 Å². The summed E-state index contributed by atoms with van der Waals surface area (Å²) in [7, 11) is -4.58. The Balaban J connectivity index is 3.80. The third-order valence-electron chi connectivity index (χ3n) is 6.37. The minimum absolute atomic E-state index is 0.0762. The number of ether oxygens (including phenoxy) is 2. The fourth-order valence-electron chi connectivity index (χ4n) is 3.97. The van der Waals surface area contributed by atoms with Crippen LogP contribution in [0, 0.1) is 0 Å². The lowest BCUT2D eigenvalue weighted by Crippen LogP contribution is -2.28. The Morgan fingerprint density at radius 1 is 0.615 bits per heavy atom. The summed E-state index contributed by atoms with van der Waals surface area (Å²) < 4.78 is 31.5. The van der Waals surface area contributed by atoms with E-state index in [1.54, 1.807) is 6.92 Å². The van der Waals surface area contributed by atoms with E-state index in [9.17, 15) is 29.3 Å². The zero-order valence-corrected chi connectivity index (χ0v) is 25.3. The van der Waals surface area contributed by atoms with E-state index >= 15 is 0 Å². The molecule has 0 aliphatic carbocycles. The normalized spacial score (nSPS) is 14.5. The van der Waals surface area contributed by atoms with Crippen LogP contribution in [-0.2, 0) is 32.7 Å². The van der Waals surface area contributed by atoms with Gasteiger partial charge in [0, 0.05) is 12.8 Å². The third kappa shape index (κ3) is 24.5. The molecule has 11 heteroatoms. The number of aliphatic hydroxyl groups is 2. The first-order valence-electron chi connectivity index (χ1n) is 15.0. The van der Waals surface area contributed by atoms with Gasteiger partial charge in [0.2, 0.25) is 0 Å². The Morgan fingerprint density at radius 2 is 0.974 bits per heavy atom. The molecule has 0 radical (unpaired) electrons. The molecule has 0 aromatic heterocycles. The SMILES string of the molecule is CCCCCCCCCCCCCCCCCCC(=O)OC(CO)COP(=O)(O)OCC(CO)OC(=O)CC. The van der Waals surface area contributed by atoms with E-state index in [1.807, 2.05) is 0 Å². The number of hydrogen-bond donors (Lipinski definition) is 3. The second-order valence-electron chi connectivity index (χ2n) is 10.1. The second-order valence-corrected chi connectivity index (χ2v) is 11.5. The van der Waals surface area contributed by atoms with Crippen molar-refractivity contribution in [3.05, 3.63) is 0 Å². The van der Waals surface area contributed by atoms with Crippen molar-refractivity contribution < 1.29 is 47.8 Å². The standard InChI is InChI=1S/C28H55O10P/c1-3-5-6-7-8-9-10-11-12-13-14-15-16-17-18-19-20-28(32)38-26(22-30)24-36-39(33,34)35-23-25(21-29)37-27(31)4-2/h25-26,29-30H,3-24H2,1-2H3,(H,33,34). The topological polar surface area (TPSA) is 149 Å². The molecule has 0 fully saturated rings. The predicted molar refractivity (Wildman–Crippen MR) is 150 cm³/mol. The van der Waals surface area contributed by atoms with Crippen LogP contribution in [-0.4, -0.2) is 65.7 Å². The maximum Gasteiger partial charge on any atom is 0.472 e. The van der Waals surface area contributed by atoms with E-state index in [1.165, 1.54) is 77.0 Å². The van der Waals surface area contributed by atoms with Gasteiger partial charge in [-0.05, 0) is 6.42 Å². The highest BCUT2D eigenvalue weighted by atomic mass is 31.2. The van der Waals surface area contributed by atoms with Crippen molar-refractivity contribution in [2.75, 3.05) is 26.4 Å². The highest BCUT2D eigenvalue weighted by molar-refractivity contribution is 7.47. The largest absolute Gasteiger partial charge is 0.472 e. The highest BCUT2D eigenvalue weighted by Gasteiger charge is 2.27. The molecule has 0 spiro atoms. The number of unbranched alkanes of at least 4 members (excludes halogenated alkanes) is 15. The Hall–Kier alpha value is -1.03. The van der Waals surface area contributed by atoms with Gasteiger partial charge in [0.1, 0.15) is 12.2 Å². The molecule has 0 rings (SSSR count). The van der Waals surface area contributed by atoms with Gasteiger partial charge in [-0.3, -0.25) is 18.6 Å². The molecule has 10 nitrogen and oxygen atoms in total. The molecule has 0 heterocycles. The first-order valence-corrected chi connectivity index (χ1v) is 16.5. The fourth-order valence-corrected chi connectivity index (χ4v) is 4.76. The molecule has 0 saturated carbocycles. The highest BCUT2D eigenvalue weighted by Crippen LogP contribution is 2.43. The van der Waals surface area contributed by atoms with Crippen molar-refractivity contribution in [3.63, 3.8) is 0 Å². The van der Waals surface area contributed by atoms with Crippen LogP contribution in [0.15, 0.2) is 0 Å². The lowest BCUT2D eigenvalue weighted by molar-refractivity contribution is -0.153. The number of aliphatic hydroxyl groups excluding tert-OH is 2. The quantitative estimate of drug-likeness (QED) is 0.0570. The molecule has 0 saturated heterocycles. The molecule has 0 aliphatic heterocycles. The van der Waals surface area contributed by atoms with E-state index in [0.29, 0.717) is 6.42 Å². The van der Waals surface area contributed by atoms with Crippen molar-refractivity contribution in [1.82, 2.24) is 0 Å². The molecule has 39 heavy (non-hydrogen) atoms. The summed E-state index contributed by atoms with van der Waals surface area (Å²) in [4.78, 5) is 33.1. The molecule has 0 amide bonds. The number of carbonyl (C=O) groups is 2. The first kappa shape index (κ1) is 38.0. The summed E-state index contributed by atoms with van der Waals surface area (Å²) in [5.74, 6) is -1.11. The van der Waals surface area contributed by atoms with Crippen LogP contribution in [0.2, 0.25) is 0 Å². The van der Waals surface area contributed by atoms with Gasteiger partial charge in [-0.1, -0.05) is 110 Å². The lowest BCUT2D eigenvalue weighted by atomic mass is 10.0. The van der Waals surface area contributed by atoms with Gasteiger partial charge in [-0.2, -0.15) is 0 Å². The molecule has 0 aromatic rings. The molecule has 0 aliphatic rings. The minimum atomic E-state index is -4.58. The van der Waals surface area contributed by atoms with Crippen LogP contribution < -0.4 is 0 Å². The van der Waals surface area contributed by atoms with Crippen LogP contribution in [0.3, 0.4) is 0 Å². The number of esters is 2. The molecular formula is C28H55O10P. The molecule has 232 valence electrons. The first-order chi connectivity index (χ1) is 18.8. The second kappa shape index (κ2) is 25.9. The van der Waals surface area contributed by atoms with Gasteiger partial charge in [0.15, 0.2) is 0 Å². The van der Waals surface area contributed by atoms with Crippen LogP contribution in [0.25, 0.3) is 0 Å². The summed E-state index contributed by atoms with van der Waals surface area (Å²) in [6.07, 6.45) is 17.9. The molecule has 3 N–H and O–H groups in total. The molecular weight excluding hydrogens is 527 g/mol. The van der Waals surface area contributed by atoms with Gasteiger partial charge in [-0.15, -0.1) is 0 Å². The van der Waals surface area contributed by atoms with Crippen molar-refractivity contribution in [3.8, 4) is 0 Å². The number of phosphoric acid groups is 1. The van der Waals surface area contributed by atoms with Crippen molar-refractivity contribution >= 4 is 19.8 Å². The fraction of sp³-hybridized carbons (Fsp3) is 0.929. The zero-order chi connectivity index (χ0) is 29.2. The predicted octanol–water partition coefficient (Wildman–Crippen LogP) is 5.99. The van der Waals surface area contributed by atoms with E-state index in [2.05, 4.69) is 6.92 Å². The van der Waals surface area contributed by atoms with Crippen molar-refractivity contribution in [1.29, 1.82) is 0 Å². The number of hydrogen-bond acceptors (Lipinski definition) is 9. The Labute approximate surface area is 235 Å². The summed E-state index contributed by atoms with van der Waals surface area (Å²) in [5, 5.41) is 18.6. The molecule has 0 bridgehead atoms. The van der Waals surface area contributed by atoms with E-state index in [0.717, 1.165) is 19.3 Å². The van der Waals surface area contributed by atoms with Gasteiger partial charge in [-0.25, -0.2) is 4.57 Å². The van der Waals surface area contributed by atoms with E-state index in [-0.39, 0.29) is 12.8 Å². The van der Waals surface area contributed by atoms with Crippen molar-refractivity contribution in [2.45, 2.75) is 142 Å². The Kier molecular flexibility index (Phi) is 25.2. The average molecular weight is 583 g/mol. The summed E-state index contributed by atoms with van der Waals surface area (Å²) in [6.45, 7) is 1.53. The van der Waals surface area contributed by atoms with Crippen LogP contribution in [0.4, 0.5) is 0 Å². The van der Waals surface area contributed by atoms with Crippen molar-refractivity contribution in [2.24, 2.45) is 0 Å². The lowest BCUT2D eigenvalue weighted by Gasteiger charge is -2.20. The van der Waals surface area contributed by atoms with E-state index in [4.69, 9.17) is 18.5 Å². The maximum absolute atomic E-state index is 12.0. The van der Waals surface area contributed by atoms with Gasteiger partial charge in [0.05, 0.1) is 26.4 Å². The number of carbonyl (C=O) groups excluding carboxylic acids is 2. The summed E-state index contributed by atoms with van der Waals surface area (Å²) in [5.41, 5.74) is 0. The van der Waals surface area contributed by atoms with Crippen LogP contribution >= 0.6 is 7.82 Å². The smallest absolute Gasteiger partial charge is 0.457 e. The van der Waals surface area contributed by atoms with Gasteiger partial charge < -0.3 is 24.6 Å². The number of phosphoric ester groups is 1.